The van der Waals surface area contributed by atoms with E-state index in [0.717, 1.165) is 24.2 Å². The predicted octanol–water partition coefficient (Wildman–Crippen LogP) is 2.61. The largest absolute Gasteiger partial charge is 0.491 e. The maximum absolute atomic E-state index is 13.6. The molecule has 19 heavy (non-hydrogen) atoms. The summed E-state index contributed by atoms with van der Waals surface area (Å²) in [5, 5.41) is 7.28. The number of halogens is 1. The predicted molar refractivity (Wildman–Crippen MR) is 73.0 cm³/mol. The standard InChI is InChI=1S/C14H18FN3O/c1-3-19-14-5-4-12(8-13(14)15)16-7-6-11-9-17-18(2)10-11/h4-5,8-10,16H,3,6-7H2,1-2H3. The van der Waals surface area contributed by atoms with Gasteiger partial charge in [-0.25, -0.2) is 4.39 Å². The molecule has 0 saturated carbocycles. The second kappa shape index (κ2) is 6.22. The van der Waals surface area contributed by atoms with E-state index in [4.69, 9.17) is 4.74 Å². The molecule has 2 rings (SSSR count). The third kappa shape index (κ3) is 3.71. The highest BCUT2D eigenvalue weighted by molar-refractivity contribution is 5.47. The molecule has 0 fully saturated rings. The average molecular weight is 263 g/mol. The lowest BCUT2D eigenvalue weighted by Crippen LogP contribution is -2.05. The van der Waals surface area contributed by atoms with Gasteiger partial charge in [0.1, 0.15) is 0 Å². The molecule has 0 radical (unpaired) electrons. The van der Waals surface area contributed by atoms with Gasteiger partial charge in [0.25, 0.3) is 0 Å². The Labute approximate surface area is 112 Å². The SMILES string of the molecule is CCOc1ccc(NCCc2cnn(C)c2)cc1F. The monoisotopic (exact) mass is 263 g/mol. The van der Waals surface area contributed by atoms with E-state index in [0.29, 0.717) is 12.4 Å². The van der Waals surface area contributed by atoms with Crippen molar-refractivity contribution in [3.05, 3.63) is 42.0 Å². The normalized spacial score (nSPS) is 10.5. The van der Waals surface area contributed by atoms with Gasteiger partial charge in [-0.2, -0.15) is 5.10 Å². The molecular formula is C14H18FN3O. The van der Waals surface area contributed by atoms with Crippen molar-refractivity contribution in [2.75, 3.05) is 18.5 Å². The minimum atomic E-state index is -0.340. The van der Waals surface area contributed by atoms with Gasteiger partial charge in [0, 0.05) is 31.5 Å². The number of anilines is 1. The molecule has 0 aliphatic carbocycles. The van der Waals surface area contributed by atoms with E-state index in [9.17, 15) is 4.39 Å². The zero-order valence-electron chi connectivity index (χ0n) is 11.2. The van der Waals surface area contributed by atoms with Crippen LogP contribution in [0.4, 0.5) is 10.1 Å². The molecule has 0 unspecified atom stereocenters. The Hall–Kier alpha value is -2.04. The van der Waals surface area contributed by atoms with Gasteiger partial charge in [0.15, 0.2) is 11.6 Å². The number of hydrogen-bond acceptors (Lipinski definition) is 3. The van der Waals surface area contributed by atoms with E-state index < -0.39 is 0 Å². The van der Waals surface area contributed by atoms with E-state index in [1.807, 2.05) is 32.4 Å². The fourth-order valence-corrected chi connectivity index (χ4v) is 1.84. The maximum Gasteiger partial charge on any atom is 0.167 e. The Morgan fingerprint density at radius 2 is 2.26 bits per heavy atom. The number of nitrogens with zero attached hydrogens (tertiary/aromatic N) is 2. The van der Waals surface area contributed by atoms with Crippen molar-refractivity contribution in [3.63, 3.8) is 0 Å². The molecule has 4 nitrogen and oxygen atoms in total. The molecule has 1 aromatic carbocycles. The summed E-state index contributed by atoms with van der Waals surface area (Å²) in [5.74, 6) is -0.0477. The van der Waals surface area contributed by atoms with Gasteiger partial charge in [-0.1, -0.05) is 0 Å². The Bertz CT molecular complexity index is 539. The number of benzene rings is 1. The van der Waals surface area contributed by atoms with Crippen LogP contribution >= 0.6 is 0 Å². The van der Waals surface area contributed by atoms with Crippen molar-refractivity contribution in [1.82, 2.24) is 9.78 Å². The van der Waals surface area contributed by atoms with Crippen molar-refractivity contribution in [2.24, 2.45) is 7.05 Å². The first-order chi connectivity index (χ1) is 9.19. The summed E-state index contributed by atoms with van der Waals surface area (Å²) in [6, 6.07) is 4.91. The second-order valence-electron chi connectivity index (χ2n) is 4.28. The zero-order chi connectivity index (χ0) is 13.7. The van der Waals surface area contributed by atoms with Gasteiger partial charge in [-0.05, 0) is 31.0 Å². The van der Waals surface area contributed by atoms with Crippen LogP contribution in [-0.2, 0) is 13.5 Å². The first-order valence-corrected chi connectivity index (χ1v) is 6.32. The van der Waals surface area contributed by atoms with E-state index in [1.165, 1.54) is 6.07 Å². The number of aromatic nitrogens is 2. The highest BCUT2D eigenvalue weighted by Crippen LogP contribution is 2.21. The third-order valence-corrected chi connectivity index (χ3v) is 2.73. The summed E-state index contributed by atoms with van der Waals surface area (Å²) >= 11 is 0. The van der Waals surface area contributed by atoms with Gasteiger partial charge in [0.2, 0.25) is 0 Å². The van der Waals surface area contributed by atoms with Crippen LogP contribution in [0.25, 0.3) is 0 Å². The summed E-state index contributed by atoms with van der Waals surface area (Å²) in [5.41, 5.74) is 1.91. The number of aryl methyl sites for hydroxylation is 1. The molecule has 0 aliphatic heterocycles. The third-order valence-electron chi connectivity index (χ3n) is 2.73. The van der Waals surface area contributed by atoms with Crippen LogP contribution in [0.3, 0.4) is 0 Å². The molecule has 0 saturated heterocycles. The van der Waals surface area contributed by atoms with Gasteiger partial charge in [-0.15, -0.1) is 0 Å². The van der Waals surface area contributed by atoms with Gasteiger partial charge in [-0.3, -0.25) is 4.68 Å². The number of hydrogen-bond donors (Lipinski definition) is 1. The Morgan fingerprint density at radius 3 is 2.89 bits per heavy atom. The topological polar surface area (TPSA) is 39.1 Å². The maximum atomic E-state index is 13.6. The van der Waals surface area contributed by atoms with Crippen molar-refractivity contribution >= 4 is 5.69 Å². The molecule has 1 N–H and O–H groups in total. The average Bonchev–Trinajstić information content (AvgIpc) is 2.79. The number of nitrogens with one attached hydrogen (secondary N) is 1. The van der Waals surface area contributed by atoms with Crippen molar-refractivity contribution in [2.45, 2.75) is 13.3 Å². The van der Waals surface area contributed by atoms with Crippen LogP contribution in [0, 0.1) is 5.82 Å². The van der Waals surface area contributed by atoms with E-state index >= 15 is 0 Å². The van der Waals surface area contributed by atoms with Gasteiger partial charge >= 0.3 is 0 Å². The molecule has 0 amide bonds. The number of ether oxygens (including phenoxy) is 1. The highest BCUT2D eigenvalue weighted by Gasteiger charge is 2.04. The number of rotatable bonds is 6. The quantitative estimate of drug-likeness (QED) is 0.870. The Balaban J connectivity index is 1.87. The van der Waals surface area contributed by atoms with Gasteiger partial charge < -0.3 is 10.1 Å². The van der Waals surface area contributed by atoms with Crippen LogP contribution in [-0.4, -0.2) is 22.9 Å². The van der Waals surface area contributed by atoms with E-state index in [-0.39, 0.29) is 5.82 Å². The summed E-state index contributed by atoms with van der Waals surface area (Å²) in [7, 11) is 1.89. The van der Waals surface area contributed by atoms with Crippen molar-refractivity contribution in [3.8, 4) is 5.75 Å². The summed E-state index contributed by atoms with van der Waals surface area (Å²) in [4.78, 5) is 0. The van der Waals surface area contributed by atoms with Crippen LogP contribution in [0.15, 0.2) is 30.6 Å². The molecule has 102 valence electrons. The Morgan fingerprint density at radius 1 is 1.42 bits per heavy atom. The zero-order valence-corrected chi connectivity index (χ0v) is 11.2. The lowest BCUT2D eigenvalue weighted by Gasteiger charge is -2.08. The van der Waals surface area contributed by atoms with Crippen LogP contribution in [0.1, 0.15) is 12.5 Å². The molecular weight excluding hydrogens is 245 g/mol. The first kappa shape index (κ1) is 13.4. The molecule has 0 atom stereocenters. The lowest BCUT2D eigenvalue weighted by molar-refractivity contribution is 0.321. The van der Waals surface area contributed by atoms with Gasteiger partial charge in [0.05, 0.1) is 12.8 Å². The molecule has 2 aromatic rings. The minimum absolute atomic E-state index is 0.292. The summed E-state index contributed by atoms with van der Waals surface area (Å²) in [6.45, 7) is 3.03. The van der Waals surface area contributed by atoms with Crippen molar-refractivity contribution in [1.29, 1.82) is 0 Å². The minimum Gasteiger partial charge on any atom is -0.491 e. The lowest BCUT2D eigenvalue weighted by atomic mass is 10.2. The first-order valence-electron chi connectivity index (χ1n) is 6.32. The molecule has 0 aliphatic rings. The van der Waals surface area contributed by atoms with Crippen LogP contribution in [0.2, 0.25) is 0 Å². The van der Waals surface area contributed by atoms with E-state index in [1.54, 1.807) is 10.7 Å². The fourth-order valence-electron chi connectivity index (χ4n) is 1.84. The highest BCUT2D eigenvalue weighted by atomic mass is 19.1. The fraction of sp³-hybridized carbons (Fsp3) is 0.357. The second-order valence-corrected chi connectivity index (χ2v) is 4.28. The van der Waals surface area contributed by atoms with Crippen LogP contribution in [0.5, 0.6) is 5.75 Å². The molecule has 1 aromatic heterocycles. The molecule has 0 spiro atoms. The van der Waals surface area contributed by atoms with Crippen molar-refractivity contribution < 1.29 is 9.13 Å². The van der Waals surface area contributed by atoms with E-state index in [2.05, 4.69) is 10.4 Å². The summed E-state index contributed by atoms with van der Waals surface area (Å²) < 4.78 is 20.5. The molecule has 0 bridgehead atoms. The summed E-state index contributed by atoms with van der Waals surface area (Å²) in [6.07, 6.45) is 4.66. The molecule has 1 heterocycles. The molecule has 5 heteroatoms. The Kier molecular flexibility index (Phi) is 4.39. The van der Waals surface area contributed by atoms with Crippen LogP contribution < -0.4 is 10.1 Å². The smallest absolute Gasteiger partial charge is 0.167 e.